The van der Waals surface area contributed by atoms with Crippen LogP contribution in [-0.4, -0.2) is 98.3 Å². The molecule has 3 unspecified atom stereocenters. The Morgan fingerprint density at radius 1 is 1.11 bits per heavy atom. The minimum absolute atomic E-state index is 0.102. The van der Waals surface area contributed by atoms with E-state index in [-0.39, 0.29) is 5.91 Å². The number of anilines is 1. The number of carbonyl (C=O) groups is 2. The van der Waals surface area contributed by atoms with Crippen LogP contribution in [0.25, 0.3) is 0 Å². The first-order valence-corrected chi connectivity index (χ1v) is 13.1. The van der Waals surface area contributed by atoms with E-state index in [1.54, 1.807) is 18.1 Å². The second-order valence-corrected chi connectivity index (χ2v) is 10.2. The third-order valence-electron chi connectivity index (χ3n) is 8.10. The quantitative estimate of drug-likeness (QED) is 0.282. The third-order valence-corrected chi connectivity index (χ3v) is 8.10. The van der Waals surface area contributed by atoms with Gasteiger partial charge in [-0.1, -0.05) is 12.1 Å². The first-order valence-electron chi connectivity index (χ1n) is 13.1. The van der Waals surface area contributed by atoms with Gasteiger partial charge in [0, 0.05) is 77.2 Å². The van der Waals surface area contributed by atoms with Crippen molar-refractivity contribution in [2.75, 3.05) is 64.3 Å². The molecule has 2 saturated heterocycles. The summed E-state index contributed by atoms with van der Waals surface area (Å²) in [4.78, 5) is 36.5. The van der Waals surface area contributed by atoms with Crippen molar-refractivity contribution < 1.29 is 9.59 Å². The fraction of sp³-hybridized carbons (Fsp3) is 0.593. The average Bonchev–Trinajstić information content (AvgIpc) is 3.37. The highest BCUT2D eigenvalue weighted by Gasteiger charge is 2.55. The number of piperidine rings is 1. The van der Waals surface area contributed by atoms with E-state index in [0.717, 1.165) is 48.7 Å². The number of aliphatic imine (C=N–C) groups is 1. The molecular formula is C27H41N7O2. The van der Waals surface area contributed by atoms with E-state index >= 15 is 0 Å². The zero-order chi connectivity index (χ0) is 25.7. The monoisotopic (exact) mass is 495 g/mol. The molecule has 2 heterocycles. The van der Waals surface area contributed by atoms with Crippen molar-refractivity contribution in [2.24, 2.45) is 34.2 Å². The van der Waals surface area contributed by atoms with Crippen molar-refractivity contribution in [1.82, 2.24) is 14.7 Å². The maximum Gasteiger partial charge on any atom is 0.223 e. The number of hydrogen-bond donors (Lipinski definition) is 2. The lowest BCUT2D eigenvalue weighted by atomic mass is 10.0. The molecule has 1 aromatic rings. The molecule has 3 atom stereocenters. The highest BCUT2D eigenvalue weighted by molar-refractivity contribution is 5.94. The van der Waals surface area contributed by atoms with Crippen LogP contribution in [0.3, 0.4) is 0 Å². The molecule has 2 aliphatic heterocycles. The van der Waals surface area contributed by atoms with Crippen LogP contribution < -0.4 is 16.4 Å². The Hall–Kier alpha value is -2.75. The first kappa shape index (κ1) is 26.3. The number of amidine groups is 1. The molecule has 3 aliphatic rings. The topological polar surface area (TPSA) is 111 Å². The molecule has 196 valence electrons. The van der Waals surface area contributed by atoms with Gasteiger partial charge in [0.25, 0.3) is 0 Å². The molecule has 1 aromatic carbocycles. The molecule has 9 nitrogen and oxygen atoms in total. The zero-order valence-corrected chi connectivity index (χ0v) is 21.6. The molecule has 3 fully saturated rings. The Labute approximate surface area is 214 Å². The summed E-state index contributed by atoms with van der Waals surface area (Å²) < 4.78 is 0. The number of benzene rings is 1. The van der Waals surface area contributed by atoms with Crippen molar-refractivity contribution in [3.8, 4) is 0 Å². The van der Waals surface area contributed by atoms with Crippen molar-refractivity contribution >= 4 is 23.8 Å². The number of carbonyl (C=O) groups excluding carboxylic acids is 2. The average molecular weight is 496 g/mol. The zero-order valence-electron chi connectivity index (χ0n) is 21.6. The maximum absolute atomic E-state index is 12.1. The normalized spacial score (nSPS) is 25.2. The van der Waals surface area contributed by atoms with Gasteiger partial charge in [0.2, 0.25) is 12.3 Å². The van der Waals surface area contributed by atoms with E-state index in [4.69, 9.17) is 11.5 Å². The van der Waals surface area contributed by atoms with Crippen LogP contribution in [0.5, 0.6) is 0 Å². The van der Waals surface area contributed by atoms with Crippen molar-refractivity contribution in [1.29, 1.82) is 0 Å². The second-order valence-electron chi connectivity index (χ2n) is 10.2. The molecule has 1 aliphatic carbocycles. The minimum atomic E-state index is 0.102. The fourth-order valence-electron chi connectivity index (χ4n) is 5.78. The Morgan fingerprint density at radius 2 is 1.75 bits per heavy atom. The fourth-order valence-corrected chi connectivity index (χ4v) is 5.78. The summed E-state index contributed by atoms with van der Waals surface area (Å²) in [6.45, 7) is 8.56. The van der Waals surface area contributed by atoms with Crippen LogP contribution in [-0.2, 0) is 16.0 Å². The van der Waals surface area contributed by atoms with Gasteiger partial charge in [-0.05, 0) is 61.4 Å². The molecule has 0 spiro atoms. The summed E-state index contributed by atoms with van der Waals surface area (Å²) in [5.41, 5.74) is 13.4. The molecule has 4 rings (SSSR count). The lowest BCUT2D eigenvalue weighted by molar-refractivity contribution is -0.132. The third kappa shape index (κ3) is 5.96. The van der Waals surface area contributed by atoms with Crippen LogP contribution >= 0.6 is 0 Å². The highest BCUT2D eigenvalue weighted by Crippen LogP contribution is 2.51. The van der Waals surface area contributed by atoms with E-state index in [9.17, 15) is 9.59 Å². The Kier molecular flexibility index (Phi) is 8.77. The number of amides is 2. The Bertz CT molecular complexity index is 943. The molecule has 1 saturated carbocycles. The van der Waals surface area contributed by atoms with Gasteiger partial charge in [-0.3, -0.25) is 24.4 Å². The van der Waals surface area contributed by atoms with E-state index < -0.39 is 0 Å². The Morgan fingerprint density at radius 3 is 2.31 bits per heavy atom. The summed E-state index contributed by atoms with van der Waals surface area (Å²) in [7, 11) is 1.74. The van der Waals surface area contributed by atoms with Gasteiger partial charge in [0.1, 0.15) is 5.84 Å². The van der Waals surface area contributed by atoms with Crippen LogP contribution in [0, 0.1) is 17.8 Å². The SMILES string of the molecule is C/N=C(\C=C/N(C=O)c1ccc(CC(C)N2CC3C(CN)C3C2)cc1)N1CCN(C(=O)CCN)CC1. The van der Waals surface area contributed by atoms with Crippen LogP contribution in [0.15, 0.2) is 41.5 Å². The molecule has 4 N–H and O–H groups in total. The molecule has 0 radical (unpaired) electrons. The molecular weight excluding hydrogens is 454 g/mol. The number of hydrogen-bond acceptors (Lipinski definition) is 6. The first-order chi connectivity index (χ1) is 17.5. The lowest BCUT2D eigenvalue weighted by Crippen LogP contribution is -2.50. The number of rotatable bonds is 10. The van der Waals surface area contributed by atoms with E-state index in [1.165, 1.54) is 18.7 Å². The van der Waals surface area contributed by atoms with Crippen molar-refractivity contribution in [3.63, 3.8) is 0 Å². The maximum atomic E-state index is 12.1. The van der Waals surface area contributed by atoms with Gasteiger partial charge in [-0.15, -0.1) is 0 Å². The predicted octanol–water partition coefficient (Wildman–Crippen LogP) is 0.752. The lowest BCUT2D eigenvalue weighted by Gasteiger charge is -2.36. The molecule has 2 amide bonds. The van der Waals surface area contributed by atoms with E-state index in [2.05, 4.69) is 33.8 Å². The van der Waals surface area contributed by atoms with Crippen molar-refractivity contribution in [3.05, 3.63) is 42.1 Å². The van der Waals surface area contributed by atoms with Gasteiger partial charge >= 0.3 is 0 Å². The number of likely N-dealkylation sites (tertiary alicyclic amines) is 1. The van der Waals surface area contributed by atoms with E-state index in [0.29, 0.717) is 45.2 Å². The van der Waals surface area contributed by atoms with Crippen molar-refractivity contribution in [2.45, 2.75) is 25.8 Å². The van der Waals surface area contributed by atoms with Gasteiger partial charge < -0.3 is 21.3 Å². The van der Waals surface area contributed by atoms with Crippen LogP contribution in [0.1, 0.15) is 18.9 Å². The van der Waals surface area contributed by atoms with Gasteiger partial charge in [0.05, 0.1) is 0 Å². The molecule has 36 heavy (non-hydrogen) atoms. The van der Waals surface area contributed by atoms with Crippen LogP contribution in [0.4, 0.5) is 5.69 Å². The number of nitrogens with zero attached hydrogens (tertiary/aromatic N) is 5. The molecule has 9 heteroatoms. The largest absolute Gasteiger partial charge is 0.353 e. The predicted molar refractivity (Wildman–Crippen MR) is 144 cm³/mol. The molecule has 0 bridgehead atoms. The number of nitrogens with two attached hydrogens (primary N) is 2. The standard InChI is InChI=1S/C27H41N7O2/c1-20(34-17-24-23(16-29)25(24)18-34)15-21-3-5-22(6-4-21)33(19-35)10-8-26(30-2)31-11-13-32(14-12-31)27(36)7-9-28/h3-6,8,10,19-20,23-25H,7,9,11-18,28-29H2,1-2H3/b10-8-,30-26+. The van der Waals surface area contributed by atoms with Gasteiger partial charge in [-0.2, -0.15) is 0 Å². The van der Waals surface area contributed by atoms with Crippen LogP contribution in [0.2, 0.25) is 0 Å². The Balaban J connectivity index is 1.29. The summed E-state index contributed by atoms with van der Waals surface area (Å²) in [6, 6.07) is 8.72. The summed E-state index contributed by atoms with van der Waals surface area (Å²) >= 11 is 0. The van der Waals surface area contributed by atoms with Gasteiger partial charge in [0.15, 0.2) is 0 Å². The summed E-state index contributed by atoms with van der Waals surface area (Å²) in [5.74, 6) is 3.27. The second kappa shape index (κ2) is 12.0. The number of fused-ring (bicyclic) bond motifs is 1. The number of piperazine rings is 1. The minimum Gasteiger partial charge on any atom is -0.353 e. The highest BCUT2D eigenvalue weighted by atomic mass is 16.2. The smallest absolute Gasteiger partial charge is 0.223 e. The van der Waals surface area contributed by atoms with Gasteiger partial charge in [-0.25, -0.2) is 0 Å². The molecule has 0 aromatic heterocycles. The summed E-state index contributed by atoms with van der Waals surface area (Å²) in [5, 5.41) is 0. The van der Waals surface area contributed by atoms with E-state index in [1.807, 2.05) is 23.1 Å². The summed E-state index contributed by atoms with van der Waals surface area (Å²) in [6.07, 6.45) is 5.80.